The van der Waals surface area contributed by atoms with E-state index in [0.717, 1.165) is 5.69 Å². The van der Waals surface area contributed by atoms with Crippen molar-refractivity contribution in [2.24, 2.45) is 0 Å². The van der Waals surface area contributed by atoms with Crippen LogP contribution in [0.3, 0.4) is 0 Å². The van der Waals surface area contributed by atoms with Crippen LogP contribution in [0.5, 0.6) is 0 Å². The molecule has 0 fully saturated rings. The molecular weight excluding hydrogens is 190 g/mol. The van der Waals surface area contributed by atoms with Gasteiger partial charge in [-0.05, 0) is 19.1 Å². The Kier molecular flexibility index (Phi) is 2.33. The number of para-hydroxylation sites is 1. The Morgan fingerprint density at radius 3 is 2.53 bits per heavy atom. The number of carbonyl (C=O) groups excluding carboxylic acids is 1. The first kappa shape index (κ1) is 9.58. The quantitative estimate of drug-likeness (QED) is 0.696. The number of benzene rings is 1. The molecule has 1 aromatic carbocycles. The van der Waals surface area contributed by atoms with Crippen molar-refractivity contribution in [2.75, 3.05) is 0 Å². The lowest BCUT2D eigenvalue weighted by Crippen LogP contribution is -2.06. The number of hydrogen-bond donors (Lipinski definition) is 0. The van der Waals surface area contributed by atoms with E-state index in [2.05, 4.69) is 10.3 Å². The molecule has 15 heavy (non-hydrogen) atoms. The normalized spacial score (nSPS) is 10.3. The molecule has 0 aliphatic heterocycles. The van der Waals surface area contributed by atoms with Gasteiger partial charge in [-0.3, -0.25) is 4.79 Å². The summed E-state index contributed by atoms with van der Waals surface area (Å²) in [7, 11) is 0. The maximum atomic E-state index is 11.4. The van der Waals surface area contributed by atoms with Crippen molar-refractivity contribution in [1.29, 1.82) is 0 Å². The molecular formula is C11H11N3O. The van der Waals surface area contributed by atoms with Gasteiger partial charge in [0.25, 0.3) is 0 Å². The highest BCUT2D eigenvalue weighted by molar-refractivity contribution is 5.93. The molecule has 1 aromatic heterocycles. The first-order valence-electron chi connectivity index (χ1n) is 4.69. The summed E-state index contributed by atoms with van der Waals surface area (Å²) in [6, 6.07) is 9.49. The smallest absolute Gasteiger partial charge is 0.180 e. The Hall–Kier alpha value is -1.97. The standard InChI is InChI=1S/C11H11N3O/c1-8-11(9(2)15)14(13-12-8)10-6-4-3-5-7-10/h3-7H,1-2H3. The zero-order chi connectivity index (χ0) is 10.8. The van der Waals surface area contributed by atoms with Gasteiger partial charge in [0, 0.05) is 6.92 Å². The summed E-state index contributed by atoms with van der Waals surface area (Å²) in [5.41, 5.74) is 2.05. The van der Waals surface area contributed by atoms with E-state index in [-0.39, 0.29) is 5.78 Å². The highest BCUT2D eigenvalue weighted by Gasteiger charge is 2.14. The zero-order valence-corrected chi connectivity index (χ0v) is 8.64. The van der Waals surface area contributed by atoms with E-state index in [1.54, 1.807) is 11.6 Å². The average molecular weight is 201 g/mol. The van der Waals surface area contributed by atoms with Crippen molar-refractivity contribution >= 4 is 5.78 Å². The van der Waals surface area contributed by atoms with Crippen LogP contribution in [0.25, 0.3) is 5.69 Å². The fourth-order valence-corrected chi connectivity index (χ4v) is 1.51. The van der Waals surface area contributed by atoms with Crippen molar-refractivity contribution in [2.45, 2.75) is 13.8 Å². The number of carbonyl (C=O) groups is 1. The van der Waals surface area contributed by atoms with Crippen molar-refractivity contribution in [3.63, 3.8) is 0 Å². The van der Waals surface area contributed by atoms with Crippen molar-refractivity contribution in [3.05, 3.63) is 41.7 Å². The second kappa shape index (κ2) is 3.65. The van der Waals surface area contributed by atoms with Crippen molar-refractivity contribution in [3.8, 4) is 5.69 Å². The van der Waals surface area contributed by atoms with Crippen LogP contribution in [0.1, 0.15) is 23.1 Å². The second-order valence-electron chi connectivity index (χ2n) is 3.33. The maximum absolute atomic E-state index is 11.4. The molecule has 0 unspecified atom stereocenters. The Morgan fingerprint density at radius 2 is 1.93 bits per heavy atom. The average Bonchev–Trinajstić information content (AvgIpc) is 2.61. The van der Waals surface area contributed by atoms with E-state index >= 15 is 0 Å². The van der Waals surface area contributed by atoms with E-state index in [1.165, 1.54) is 6.92 Å². The lowest BCUT2D eigenvalue weighted by atomic mass is 10.2. The fraction of sp³-hybridized carbons (Fsp3) is 0.182. The fourth-order valence-electron chi connectivity index (χ4n) is 1.51. The molecule has 0 spiro atoms. The summed E-state index contributed by atoms with van der Waals surface area (Å²) < 4.78 is 1.57. The van der Waals surface area contributed by atoms with Crippen LogP contribution in [-0.2, 0) is 0 Å². The van der Waals surface area contributed by atoms with Gasteiger partial charge < -0.3 is 0 Å². The van der Waals surface area contributed by atoms with E-state index in [4.69, 9.17) is 0 Å². The van der Waals surface area contributed by atoms with E-state index in [1.807, 2.05) is 30.3 Å². The first-order chi connectivity index (χ1) is 7.20. The van der Waals surface area contributed by atoms with Gasteiger partial charge in [0.2, 0.25) is 0 Å². The van der Waals surface area contributed by atoms with E-state index in [9.17, 15) is 4.79 Å². The molecule has 0 saturated heterocycles. The molecule has 0 atom stereocenters. The number of aryl methyl sites for hydroxylation is 1. The molecule has 4 nitrogen and oxygen atoms in total. The lowest BCUT2D eigenvalue weighted by molar-refractivity contribution is 0.101. The molecule has 1 heterocycles. The molecule has 0 radical (unpaired) electrons. The molecule has 0 saturated carbocycles. The van der Waals surface area contributed by atoms with Gasteiger partial charge in [0.15, 0.2) is 5.78 Å². The molecule has 0 aliphatic carbocycles. The Morgan fingerprint density at radius 1 is 1.27 bits per heavy atom. The predicted molar refractivity (Wildman–Crippen MR) is 56.1 cm³/mol. The molecule has 2 rings (SSSR count). The summed E-state index contributed by atoms with van der Waals surface area (Å²) in [6.45, 7) is 3.30. The van der Waals surface area contributed by atoms with Gasteiger partial charge in [-0.15, -0.1) is 5.10 Å². The first-order valence-corrected chi connectivity index (χ1v) is 4.69. The molecule has 0 aliphatic rings. The van der Waals surface area contributed by atoms with Crippen LogP contribution in [-0.4, -0.2) is 20.8 Å². The Balaban J connectivity index is 2.59. The SMILES string of the molecule is CC(=O)c1c(C)nnn1-c1ccccc1. The van der Waals surface area contributed by atoms with Crippen LogP contribution in [0, 0.1) is 6.92 Å². The lowest BCUT2D eigenvalue weighted by Gasteiger charge is -2.03. The largest absolute Gasteiger partial charge is 0.293 e. The van der Waals surface area contributed by atoms with Gasteiger partial charge in [-0.2, -0.15) is 0 Å². The maximum Gasteiger partial charge on any atom is 0.180 e. The summed E-state index contributed by atoms with van der Waals surface area (Å²) in [6.07, 6.45) is 0. The predicted octanol–water partition coefficient (Wildman–Crippen LogP) is 1.78. The van der Waals surface area contributed by atoms with Crippen LogP contribution in [0.4, 0.5) is 0 Å². The summed E-state index contributed by atoms with van der Waals surface area (Å²) in [4.78, 5) is 11.4. The molecule has 76 valence electrons. The minimum absolute atomic E-state index is 0.0265. The number of nitrogens with zero attached hydrogens (tertiary/aromatic N) is 3. The number of aromatic nitrogens is 3. The summed E-state index contributed by atoms with van der Waals surface area (Å²) in [5.74, 6) is -0.0265. The van der Waals surface area contributed by atoms with Crippen LogP contribution in [0.2, 0.25) is 0 Å². The molecule has 2 aromatic rings. The van der Waals surface area contributed by atoms with Gasteiger partial charge in [0.1, 0.15) is 5.69 Å². The second-order valence-corrected chi connectivity index (χ2v) is 3.33. The van der Waals surface area contributed by atoms with Crippen LogP contribution in [0.15, 0.2) is 30.3 Å². The molecule has 4 heteroatoms. The topological polar surface area (TPSA) is 47.8 Å². The highest BCUT2D eigenvalue weighted by atomic mass is 16.1. The summed E-state index contributed by atoms with van der Waals surface area (Å²) >= 11 is 0. The Bertz CT molecular complexity index is 488. The monoisotopic (exact) mass is 201 g/mol. The molecule has 0 amide bonds. The number of Topliss-reactive ketones (excluding diaryl/α,β-unsaturated/α-hetero) is 1. The third-order valence-corrected chi connectivity index (χ3v) is 2.17. The number of ketones is 1. The van der Waals surface area contributed by atoms with Crippen LogP contribution >= 0.6 is 0 Å². The highest BCUT2D eigenvalue weighted by Crippen LogP contribution is 2.12. The van der Waals surface area contributed by atoms with Gasteiger partial charge in [-0.1, -0.05) is 23.4 Å². The molecule has 0 N–H and O–H groups in total. The van der Waals surface area contributed by atoms with Gasteiger partial charge in [0.05, 0.1) is 11.4 Å². The van der Waals surface area contributed by atoms with Crippen molar-refractivity contribution in [1.82, 2.24) is 15.0 Å². The number of rotatable bonds is 2. The van der Waals surface area contributed by atoms with Crippen molar-refractivity contribution < 1.29 is 4.79 Å². The minimum atomic E-state index is -0.0265. The van der Waals surface area contributed by atoms with E-state index < -0.39 is 0 Å². The Labute approximate surface area is 87.5 Å². The number of hydrogen-bond acceptors (Lipinski definition) is 3. The summed E-state index contributed by atoms with van der Waals surface area (Å²) in [5, 5.41) is 7.86. The minimum Gasteiger partial charge on any atom is -0.293 e. The van der Waals surface area contributed by atoms with Crippen LogP contribution < -0.4 is 0 Å². The van der Waals surface area contributed by atoms with E-state index in [0.29, 0.717) is 11.4 Å². The third-order valence-electron chi connectivity index (χ3n) is 2.17. The van der Waals surface area contributed by atoms with Gasteiger partial charge >= 0.3 is 0 Å². The zero-order valence-electron chi connectivity index (χ0n) is 8.64. The third kappa shape index (κ3) is 1.66. The van der Waals surface area contributed by atoms with Gasteiger partial charge in [-0.25, -0.2) is 4.68 Å². The molecule has 0 bridgehead atoms.